The van der Waals surface area contributed by atoms with Crippen molar-refractivity contribution in [3.05, 3.63) is 65.0 Å². The molecule has 1 aromatic carbocycles. The van der Waals surface area contributed by atoms with Crippen LogP contribution in [0.4, 0.5) is 21.7 Å². The fourth-order valence-corrected chi connectivity index (χ4v) is 2.84. The summed E-state index contributed by atoms with van der Waals surface area (Å²) in [6, 6.07) is 8.72. The Hall–Kier alpha value is -4.59. The first kappa shape index (κ1) is 22.1. The first-order chi connectivity index (χ1) is 15.4. The van der Waals surface area contributed by atoms with Crippen molar-refractivity contribution in [3.8, 4) is 11.8 Å². The lowest BCUT2D eigenvalue weighted by Crippen LogP contribution is -2.22. The molecule has 3 rings (SSSR count). The molecule has 0 saturated carbocycles. The smallest absolute Gasteiger partial charge is 0.262 e. The van der Waals surface area contributed by atoms with Gasteiger partial charge in [0.2, 0.25) is 0 Å². The Kier molecular flexibility index (Phi) is 6.55. The van der Waals surface area contributed by atoms with Crippen molar-refractivity contribution < 1.29 is 18.7 Å². The maximum Gasteiger partial charge on any atom is 0.262 e. The van der Waals surface area contributed by atoms with E-state index in [1.807, 2.05) is 6.07 Å². The number of carbonyl (C=O) groups is 2. The molecule has 0 aliphatic heterocycles. The average molecular weight is 435 g/mol. The first-order valence-electron chi connectivity index (χ1n) is 9.25. The Bertz CT molecular complexity index is 1240. The van der Waals surface area contributed by atoms with Gasteiger partial charge in [0.1, 0.15) is 46.4 Å². The van der Waals surface area contributed by atoms with E-state index in [-0.39, 0.29) is 34.1 Å². The van der Waals surface area contributed by atoms with Crippen LogP contribution in [-0.4, -0.2) is 40.9 Å². The Morgan fingerprint density at radius 3 is 2.62 bits per heavy atom. The van der Waals surface area contributed by atoms with Gasteiger partial charge in [-0.1, -0.05) is 6.07 Å². The van der Waals surface area contributed by atoms with Crippen molar-refractivity contribution in [2.24, 2.45) is 0 Å². The lowest BCUT2D eigenvalue weighted by atomic mass is 10.1. The number of carbonyl (C=O) groups excluding carboxylic acids is 2. The lowest BCUT2D eigenvalue weighted by Gasteiger charge is -2.14. The zero-order valence-corrected chi connectivity index (χ0v) is 17.4. The number of methoxy groups -OCH3 is 1. The standard InChI is InChI=1S/C21H18FN7O3/c1-11-26-12(9-23)7-18(27-11)29-17-8-15(13(10-25-17)20(30)24-2)28-21(31)19-14(22)5-4-6-16(19)32-3/h4-8,10H,1-3H3,(H,24,30)(H2,25,26,27,28,29,31). The van der Waals surface area contributed by atoms with Gasteiger partial charge >= 0.3 is 0 Å². The largest absolute Gasteiger partial charge is 0.496 e. The van der Waals surface area contributed by atoms with Gasteiger partial charge in [-0.2, -0.15) is 5.26 Å². The van der Waals surface area contributed by atoms with Crippen LogP contribution in [0.15, 0.2) is 36.5 Å². The molecule has 10 nitrogen and oxygen atoms in total. The zero-order valence-electron chi connectivity index (χ0n) is 17.4. The van der Waals surface area contributed by atoms with Gasteiger partial charge in [-0.05, 0) is 19.1 Å². The normalized spacial score (nSPS) is 10.1. The van der Waals surface area contributed by atoms with Gasteiger partial charge < -0.3 is 20.7 Å². The number of pyridine rings is 1. The van der Waals surface area contributed by atoms with Crippen LogP contribution in [0, 0.1) is 24.1 Å². The molecule has 162 valence electrons. The zero-order chi connectivity index (χ0) is 23.3. The number of amides is 2. The van der Waals surface area contributed by atoms with Crippen LogP contribution >= 0.6 is 0 Å². The second kappa shape index (κ2) is 9.48. The van der Waals surface area contributed by atoms with E-state index in [1.165, 1.54) is 44.6 Å². The Morgan fingerprint density at radius 1 is 1.16 bits per heavy atom. The Morgan fingerprint density at radius 2 is 1.94 bits per heavy atom. The fourth-order valence-electron chi connectivity index (χ4n) is 2.84. The van der Waals surface area contributed by atoms with E-state index in [4.69, 9.17) is 10.00 Å². The van der Waals surface area contributed by atoms with Crippen LogP contribution in [-0.2, 0) is 0 Å². The molecule has 0 saturated heterocycles. The highest BCUT2D eigenvalue weighted by Crippen LogP contribution is 2.26. The molecule has 0 radical (unpaired) electrons. The summed E-state index contributed by atoms with van der Waals surface area (Å²) in [7, 11) is 2.74. The van der Waals surface area contributed by atoms with Crippen LogP contribution in [0.1, 0.15) is 32.2 Å². The van der Waals surface area contributed by atoms with Crippen LogP contribution in [0.5, 0.6) is 5.75 Å². The van der Waals surface area contributed by atoms with Crippen molar-refractivity contribution in [3.63, 3.8) is 0 Å². The summed E-state index contributed by atoms with van der Waals surface area (Å²) < 4.78 is 19.4. The molecular weight excluding hydrogens is 417 g/mol. The summed E-state index contributed by atoms with van der Waals surface area (Å²) in [5.74, 6) is -1.18. The summed E-state index contributed by atoms with van der Waals surface area (Å²) in [6.07, 6.45) is 1.24. The van der Waals surface area contributed by atoms with E-state index in [0.717, 1.165) is 6.07 Å². The fraction of sp³-hybridized carbons (Fsp3) is 0.143. The summed E-state index contributed by atoms with van der Waals surface area (Å²) in [6.45, 7) is 1.63. The van der Waals surface area contributed by atoms with Crippen LogP contribution < -0.4 is 20.7 Å². The second-order valence-corrected chi connectivity index (χ2v) is 6.39. The minimum Gasteiger partial charge on any atom is -0.496 e. The lowest BCUT2D eigenvalue weighted by molar-refractivity contribution is 0.0963. The van der Waals surface area contributed by atoms with E-state index in [1.54, 1.807) is 6.92 Å². The van der Waals surface area contributed by atoms with Crippen LogP contribution in [0.25, 0.3) is 0 Å². The summed E-state index contributed by atoms with van der Waals surface area (Å²) >= 11 is 0. The number of ether oxygens (including phenoxy) is 1. The van der Waals surface area contributed by atoms with E-state index < -0.39 is 17.6 Å². The molecule has 0 aliphatic carbocycles. The SMILES string of the molecule is CNC(=O)c1cnc(Nc2cc(C#N)nc(C)n2)cc1NC(=O)c1c(F)cccc1OC. The van der Waals surface area contributed by atoms with Crippen molar-refractivity contribution >= 4 is 29.1 Å². The molecule has 2 amide bonds. The molecule has 0 unspecified atom stereocenters. The number of nitrogens with zero attached hydrogens (tertiary/aromatic N) is 4. The number of nitrogens with one attached hydrogen (secondary N) is 3. The van der Waals surface area contributed by atoms with E-state index in [0.29, 0.717) is 11.6 Å². The first-order valence-corrected chi connectivity index (χ1v) is 9.25. The third-order valence-corrected chi connectivity index (χ3v) is 4.25. The third-order valence-electron chi connectivity index (χ3n) is 4.25. The Balaban J connectivity index is 1.99. The molecule has 3 aromatic rings. The molecule has 0 aliphatic rings. The predicted molar refractivity (Wildman–Crippen MR) is 113 cm³/mol. The highest BCUT2D eigenvalue weighted by atomic mass is 19.1. The van der Waals surface area contributed by atoms with E-state index in [9.17, 15) is 14.0 Å². The maximum atomic E-state index is 14.3. The van der Waals surface area contributed by atoms with Crippen LogP contribution in [0.3, 0.4) is 0 Å². The quantitative estimate of drug-likeness (QED) is 0.536. The topological polar surface area (TPSA) is 142 Å². The predicted octanol–water partition coefficient (Wildman–Crippen LogP) is 2.55. The molecule has 0 bridgehead atoms. The van der Waals surface area contributed by atoms with E-state index >= 15 is 0 Å². The monoisotopic (exact) mass is 435 g/mol. The Labute approximate surface area is 182 Å². The molecule has 2 aromatic heterocycles. The van der Waals surface area contributed by atoms with Gasteiger partial charge in [-0.15, -0.1) is 0 Å². The number of aryl methyl sites for hydroxylation is 1. The molecule has 0 atom stereocenters. The molecule has 0 spiro atoms. The summed E-state index contributed by atoms with van der Waals surface area (Å²) in [4.78, 5) is 37.4. The molecule has 2 heterocycles. The number of nitriles is 1. The number of benzene rings is 1. The number of rotatable bonds is 6. The number of hydrogen-bond donors (Lipinski definition) is 3. The van der Waals surface area contributed by atoms with Gasteiger partial charge in [0.15, 0.2) is 0 Å². The minimum absolute atomic E-state index is 0.0388. The van der Waals surface area contributed by atoms with Gasteiger partial charge in [0.25, 0.3) is 11.8 Å². The van der Waals surface area contributed by atoms with Crippen molar-refractivity contribution in [2.45, 2.75) is 6.92 Å². The molecule has 32 heavy (non-hydrogen) atoms. The van der Waals surface area contributed by atoms with Gasteiger partial charge in [0, 0.05) is 25.4 Å². The van der Waals surface area contributed by atoms with Crippen molar-refractivity contribution in [2.75, 3.05) is 24.8 Å². The van der Waals surface area contributed by atoms with E-state index in [2.05, 4.69) is 30.9 Å². The summed E-state index contributed by atoms with van der Waals surface area (Å²) in [5.41, 5.74) is -0.0295. The van der Waals surface area contributed by atoms with Gasteiger partial charge in [-0.25, -0.2) is 19.3 Å². The van der Waals surface area contributed by atoms with Crippen molar-refractivity contribution in [1.29, 1.82) is 5.26 Å². The van der Waals surface area contributed by atoms with Gasteiger partial charge in [-0.3, -0.25) is 9.59 Å². The van der Waals surface area contributed by atoms with Crippen molar-refractivity contribution in [1.82, 2.24) is 20.3 Å². The van der Waals surface area contributed by atoms with Crippen LogP contribution in [0.2, 0.25) is 0 Å². The molecule has 0 fully saturated rings. The highest BCUT2D eigenvalue weighted by Gasteiger charge is 2.21. The second-order valence-electron chi connectivity index (χ2n) is 6.39. The third kappa shape index (κ3) is 4.76. The number of aromatic nitrogens is 3. The number of halogens is 1. The average Bonchev–Trinajstić information content (AvgIpc) is 2.77. The number of anilines is 3. The maximum absolute atomic E-state index is 14.3. The molecular formula is C21H18FN7O3. The minimum atomic E-state index is -0.813. The van der Waals surface area contributed by atoms with Gasteiger partial charge in [0.05, 0.1) is 18.4 Å². The highest BCUT2D eigenvalue weighted by molar-refractivity contribution is 6.10. The molecule has 11 heteroatoms. The number of hydrogen-bond acceptors (Lipinski definition) is 8. The summed E-state index contributed by atoms with van der Waals surface area (Å²) in [5, 5.41) is 17.0. The molecule has 3 N–H and O–H groups in total.